The summed E-state index contributed by atoms with van der Waals surface area (Å²) in [6.45, 7) is 12.8. The van der Waals surface area contributed by atoms with Crippen molar-refractivity contribution in [1.82, 2.24) is 15.5 Å². The van der Waals surface area contributed by atoms with Gasteiger partial charge < -0.3 is 35.8 Å². The van der Waals surface area contributed by atoms with E-state index in [0.717, 1.165) is 10.5 Å². The lowest BCUT2D eigenvalue weighted by molar-refractivity contribution is -0.159. The normalized spacial score (nSPS) is 13.4. The SMILES string of the molecule is C=Cc1cccc(C(C(=O)NC(Cc2ccccc2)C(=O)OC(C)(C)C)N(CCO)C(=O)C(CC(N)=O)NC(=O)OC(C)(C)C)c1. The van der Waals surface area contributed by atoms with Gasteiger partial charge in [-0.25, -0.2) is 9.59 Å². The molecule has 3 unspecified atom stereocenters. The zero-order valence-corrected chi connectivity index (χ0v) is 27.4. The van der Waals surface area contributed by atoms with E-state index in [2.05, 4.69) is 17.2 Å². The summed E-state index contributed by atoms with van der Waals surface area (Å²) in [4.78, 5) is 67.4. The maximum atomic E-state index is 14.3. The first kappa shape index (κ1) is 37.5. The predicted molar refractivity (Wildman–Crippen MR) is 173 cm³/mol. The van der Waals surface area contributed by atoms with E-state index >= 15 is 0 Å². The molecule has 2 rings (SSSR count). The fraction of sp³-hybridized carbons (Fsp3) is 0.441. The van der Waals surface area contributed by atoms with Crippen molar-refractivity contribution in [3.8, 4) is 0 Å². The van der Waals surface area contributed by atoms with Crippen LogP contribution in [0, 0.1) is 0 Å². The molecule has 2 aromatic carbocycles. The number of ether oxygens (including phenoxy) is 2. The minimum atomic E-state index is -1.54. The van der Waals surface area contributed by atoms with E-state index in [4.69, 9.17) is 15.2 Å². The Hall–Kier alpha value is -4.71. The molecule has 0 heterocycles. The number of rotatable bonds is 14. The summed E-state index contributed by atoms with van der Waals surface area (Å²) in [7, 11) is 0. The summed E-state index contributed by atoms with van der Waals surface area (Å²) in [6.07, 6.45) is 0.0309. The molecule has 12 nitrogen and oxygen atoms in total. The van der Waals surface area contributed by atoms with Crippen molar-refractivity contribution in [3.63, 3.8) is 0 Å². The van der Waals surface area contributed by atoms with Gasteiger partial charge in [0.05, 0.1) is 13.0 Å². The lowest BCUT2D eigenvalue weighted by Crippen LogP contribution is -2.56. The van der Waals surface area contributed by atoms with Crippen LogP contribution in [0.25, 0.3) is 6.08 Å². The molecule has 0 aliphatic heterocycles. The van der Waals surface area contributed by atoms with Crippen LogP contribution in [0.1, 0.15) is 70.7 Å². The smallest absolute Gasteiger partial charge is 0.408 e. The summed E-state index contributed by atoms with van der Waals surface area (Å²) >= 11 is 0. The van der Waals surface area contributed by atoms with Crippen LogP contribution < -0.4 is 16.4 Å². The van der Waals surface area contributed by atoms with Crippen molar-refractivity contribution in [3.05, 3.63) is 77.9 Å². The number of carbonyl (C=O) groups excluding carboxylic acids is 5. The molecule has 0 aromatic heterocycles. The number of nitrogens with zero attached hydrogens (tertiary/aromatic N) is 1. The van der Waals surface area contributed by atoms with Gasteiger partial charge in [-0.15, -0.1) is 0 Å². The Balaban J connectivity index is 2.62. The van der Waals surface area contributed by atoms with Crippen LogP contribution >= 0.6 is 0 Å². The molecule has 0 aliphatic carbocycles. The highest BCUT2D eigenvalue weighted by Gasteiger charge is 2.38. The first-order valence-corrected chi connectivity index (χ1v) is 14.9. The van der Waals surface area contributed by atoms with Gasteiger partial charge in [-0.1, -0.05) is 61.2 Å². The van der Waals surface area contributed by atoms with Crippen molar-refractivity contribution in [2.75, 3.05) is 13.2 Å². The molecule has 0 bridgehead atoms. The van der Waals surface area contributed by atoms with E-state index in [-0.39, 0.29) is 13.0 Å². The average Bonchev–Trinajstić information content (AvgIpc) is 2.94. The maximum absolute atomic E-state index is 14.3. The highest BCUT2D eigenvalue weighted by molar-refractivity contribution is 5.95. The molecule has 0 spiro atoms. The summed E-state index contributed by atoms with van der Waals surface area (Å²) in [5.41, 5.74) is 5.33. The number of amides is 4. The summed E-state index contributed by atoms with van der Waals surface area (Å²) in [5.74, 6) is -3.26. The third-order valence-electron chi connectivity index (χ3n) is 6.33. The second-order valence-corrected chi connectivity index (χ2v) is 12.7. The number of nitrogens with two attached hydrogens (primary N) is 1. The zero-order chi connectivity index (χ0) is 34.7. The van der Waals surface area contributed by atoms with E-state index in [9.17, 15) is 29.1 Å². The maximum Gasteiger partial charge on any atom is 0.408 e. The minimum Gasteiger partial charge on any atom is -0.458 e. The van der Waals surface area contributed by atoms with Gasteiger partial charge in [-0.2, -0.15) is 0 Å². The van der Waals surface area contributed by atoms with E-state index < -0.39 is 72.1 Å². The molecule has 0 aliphatic rings. The number of esters is 1. The highest BCUT2D eigenvalue weighted by atomic mass is 16.6. The molecule has 2 aromatic rings. The van der Waals surface area contributed by atoms with Crippen LogP contribution in [-0.2, 0) is 35.1 Å². The molecule has 0 fully saturated rings. The molecular weight excluding hydrogens is 592 g/mol. The number of benzene rings is 2. The Bertz CT molecular complexity index is 1380. The van der Waals surface area contributed by atoms with Crippen LogP contribution in [0.15, 0.2) is 61.2 Å². The fourth-order valence-corrected chi connectivity index (χ4v) is 4.52. The summed E-state index contributed by atoms with van der Waals surface area (Å²) < 4.78 is 10.9. The molecule has 12 heteroatoms. The highest BCUT2D eigenvalue weighted by Crippen LogP contribution is 2.25. The van der Waals surface area contributed by atoms with Crippen molar-refractivity contribution in [2.45, 2.75) is 83.7 Å². The molecule has 250 valence electrons. The number of alkyl carbamates (subject to hydrolysis) is 1. The molecular formula is C34H46N4O8. The van der Waals surface area contributed by atoms with Crippen LogP contribution in [0.2, 0.25) is 0 Å². The first-order chi connectivity index (χ1) is 21.4. The quantitative estimate of drug-likeness (QED) is 0.228. The van der Waals surface area contributed by atoms with Gasteiger partial charge in [0.1, 0.15) is 29.3 Å². The van der Waals surface area contributed by atoms with Gasteiger partial charge in [0.2, 0.25) is 17.7 Å². The molecule has 4 amide bonds. The van der Waals surface area contributed by atoms with Crippen molar-refractivity contribution in [1.29, 1.82) is 0 Å². The molecule has 0 saturated heterocycles. The lowest BCUT2D eigenvalue weighted by atomic mass is 9.98. The van der Waals surface area contributed by atoms with Crippen molar-refractivity contribution >= 4 is 35.9 Å². The van der Waals surface area contributed by atoms with Crippen molar-refractivity contribution in [2.24, 2.45) is 5.73 Å². The van der Waals surface area contributed by atoms with Gasteiger partial charge in [0.15, 0.2) is 0 Å². The molecule has 0 radical (unpaired) electrons. The van der Waals surface area contributed by atoms with E-state index in [0.29, 0.717) is 11.1 Å². The second-order valence-electron chi connectivity index (χ2n) is 12.7. The second kappa shape index (κ2) is 16.6. The van der Waals surface area contributed by atoms with Gasteiger partial charge in [-0.05, 0) is 64.3 Å². The Morgan fingerprint density at radius 2 is 1.54 bits per heavy atom. The number of aliphatic hydroxyl groups excluding tert-OH is 1. The predicted octanol–water partition coefficient (Wildman–Crippen LogP) is 3.03. The monoisotopic (exact) mass is 638 g/mol. The summed E-state index contributed by atoms with van der Waals surface area (Å²) in [6, 6.07) is 11.5. The van der Waals surface area contributed by atoms with Gasteiger partial charge >= 0.3 is 12.1 Å². The number of primary amides is 1. The van der Waals surface area contributed by atoms with E-state index in [1.54, 1.807) is 96.1 Å². The number of hydrogen-bond acceptors (Lipinski definition) is 8. The third-order valence-corrected chi connectivity index (χ3v) is 6.33. The Morgan fingerprint density at radius 3 is 2.09 bits per heavy atom. The van der Waals surface area contributed by atoms with Crippen LogP contribution in [0.3, 0.4) is 0 Å². The molecule has 46 heavy (non-hydrogen) atoms. The van der Waals surface area contributed by atoms with E-state index in [1.165, 1.54) is 0 Å². The first-order valence-electron chi connectivity index (χ1n) is 14.9. The Labute approximate surface area is 270 Å². The van der Waals surface area contributed by atoms with Crippen molar-refractivity contribution < 1.29 is 38.6 Å². The number of nitrogens with one attached hydrogen (secondary N) is 2. The van der Waals surface area contributed by atoms with Crippen LogP contribution in [0.5, 0.6) is 0 Å². The fourth-order valence-electron chi connectivity index (χ4n) is 4.52. The molecule has 5 N–H and O–H groups in total. The molecule has 0 saturated carbocycles. The van der Waals surface area contributed by atoms with Gasteiger partial charge in [0, 0.05) is 13.0 Å². The largest absolute Gasteiger partial charge is 0.458 e. The Morgan fingerprint density at radius 1 is 0.913 bits per heavy atom. The van der Waals surface area contributed by atoms with E-state index in [1.807, 2.05) is 6.07 Å². The Kier molecular flexibility index (Phi) is 13.5. The standard InChI is InChI=1S/C34H46N4O8/c1-8-22-15-12-16-24(19-22)28(29(41)36-26(31(43)45-33(2,3)4)20-23-13-10-9-11-14-23)38(17-18-39)30(42)25(21-27(35)40)37-32(44)46-34(5,6)7/h8-16,19,25-26,28,39H,1,17-18,20-21H2,2-7H3,(H2,35,40)(H,36,41)(H,37,44). The minimum absolute atomic E-state index is 0.0827. The van der Waals surface area contributed by atoms with Gasteiger partial charge in [0.25, 0.3) is 0 Å². The number of aliphatic hydroxyl groups is 1. The van der Waals surface area contributed by atoms with Crippen LogP contribution in [0.4, 0.5) is 4.79 Å². The summed E-state index contributed by atoms with van der Waals surface area (Å²) in [5, 5.41) is 15.2. The third kappa shape index (κ3) is 12.4. The molecule has 3 atom stereocenters. The van der Waals surface area contributed by atoms with Gasteiger partial charge in [-0.3, -0.25) is 14.4 Å². The average molecular weight is 639 g/mol. The number of hydrogen-bond donors (Lipinski definition) is 4. The number of carbonyl (C=O) groups is 5. The lowest BCUT2D eigenvalue weighted by Gasteiger charge is -2.35. The zero-order valence-electron chi connectivity index (χ0n) is 27.4. The topological polar surface area (TPSA) is 177 Å². The van der Waals surface area contributed by atoms with Crippen LogP contribution in [-0.4, -0.2) is 76.2 Å².